The molecule has 1 atom stereocenters. The van der Waals surface area contributed by atoms with Gasteiger partial charge in [-0.1, -0.05) is 54.2 Å². The van der Waals surface area contributed by atoms with Gasteiger partial charge in [0.05, 0.1) is 24.8 Å². The summed E-state index contributed by atoms with van der Waals surface area (Å²) >= 11 is 1.28. The Balaban J connectivity index is 1.67. The van der Waals surface area contributed by atoms with Crippen molar-refractivity contribution in [2.45, 2.75) is 25.0 Å². The van der Waals surface area contributed by atoms with Gasteiger partial charge in [-0.2, -0.15) is 4.68 Å². The summed E-state index contributed by atoms with van der Waals surface area (Å²) < 4.78 is 12.6. The second kappa shape index (κ2) is 10.8. The fraction of sp³-hybridized carbons (Fsp3) is 0.261. The van der Waals surface area contributed by atoms with Crippen LogP contribution in [0.2, 0.25) is 0 Å². The van der Waals surface area contributed by atoms with E-state index in [0.29, 0.717) is 34.5 Å². The van der Waals surface area contributed by atoms with Gasteiger partial charge in [0.2, 0.25) is 5.16 Å². The normalized spacial score (nSPS) is 15.5. The molecule has 1 aromatic heterocycles. The molecule has 4 rings (SSSR count). The van der Waals surface area contributed by atoms with E-state index in [9.17, 15) is 9.59 Å². The maximum atomic E-state index is 12.9. The predicted molar refractivity (Wildman–Crippen MR) is 126 cm³/mol. The third-order valence-electron chi connectivity index (χ3n) is 4.96. The number of para-hydroxylation sites is 2. The minimum absolute atomic E-state index is 0.213. The monoisotopic (exact) mass is 480 g/mol. The number of carbonyl (C=O) groups is 2. The Labute approximate surface area is 200 Å². The molecule has 3 aromatic rings. The van der Waals surface area contributed by atoms with E-state index in [0.717, 1.165) is 5.56 Å². The molecule has 0 fully saturated rings. The van der Waals surface area contributed by atoms with Crippen LogP contribution in [0.1, 0.15) is 25.5 Å². The molecule has 0 saturated heterocycles. The zero-order chi connectivity index (χ0) is 23.9. The molecule has 0 bridgehead atoms. The van der Waals surface area contributed by atoms with Crippen LogP contribution in [0.3, 0.4) is 0 Å². The Morgan fingerprint density at radius 2 is 1.85 bits per heavy atom. The van der Waals surface area contributed by atoms with Crippen molar-refractivity contribution < 1.29 is 19.1 Å². The lowest BCUT2D eigenvalue weighted by Crippen LogP contribution is -2.46. The minimum atomic E-state index is -0.640. The van der Waals surface area contributed by atoms with E-state index < -0.39 is 18.0 Å². The number of hydrogen-bond acceptors (Lipinski definition) is 8. The summed E-state index contributed by atoms with van der Waals surface area (Å²) in [5.41, 5.74) is 2.24. The second-order valence-electron chi connectivity index (χ2n) is 7.12. The van der Waals surface area contributed by atoms with Crippen LogP contribution in [0.4, 0.5) is 4.79 Å². The molecule has 0 radical (unpaired) electrons. The molecule has 0 unspecified atom stereocenters. The quantitative estimate of drug-likeness (QED) is 0.354. The van der Waals surface area contributed by atoms with E-state index in [4.69, 9.17) is 9.47 Å². The summed E-state index contributed by atoms with van der Waals surface area (Å²) in [6.07, 6.45) is 0. The molecular formula is C23H24N6O4S. The van der Waals surface area contributed by atoms with E-state index in [2.05, 4.69) is 26.2 Å². The van der Waals surface area contributed by atoms with Crippen LogP contribution in [-0.2, 0) is 9.53 Å². The van der Waals surface area contributed by atoms with Crippen LogP contribution in [0, 0.1) is 0 Å². The number of nitrogens with one attached hydrogen (secondary N) is 2. The van der Waals surface area contributed by atoms with Crippen LogP contribution in [0.15, 0.2) is 71.0 Å². The van der Waals surface area contributed by atoms with Crippen molar-refractivity contribution in [2.75, 3.05) is 19.0 Å². The first-order chi connectivity index (χ1) is 16.6. The van der Waals surface area contributed by atoms with Gasteiger partial charge in [-0.3, -0.25) is 0 Å². The average molecular weight is 481 g/mol. The van der Waals surface area contributed by atoms with Crippen molar-refractivity contribution in [3.8, 4) is 11.4 Å². The number of aromatic nitrogens is 4. The number of benzene rings is 2. The molecule has 2 amide bonds. The van der Waals surface area contributed by atoms with Gasteiger partial charge in [-0.25, -0.2) is 9.59 Å². The number of tetrazole rings is 1. The van der Waals surface area contributed by atoms with Crippen molar-refractivity contribution >= 4 is 23.8 Å². The first-order valence-corrected chi connectivity index (χ1v) is 11.8. The van der Waals surface area contributed by atoms with Crippen LogP contribution in [-0.4, -0.2) is 51.2 Å². The van der Waals surface area contributed by atoms with Gasteiger partial charge in [-0.15, -0.1) is 5.10 Å². The molecule has 1 aliphatic rings. The van der Waals surface area contributed by atoms with Gasteiger partial charge in [0, 0.05) is 11.4 Å². The van der Waals surface area contributed by atoms with Crippen molar-refractivity contribution in [3.63, 3.8) is 0 Å². The molecule has 11 heteroatoms. The highest BCUT2D eigenvalue weighted by Gasteiger charge is 2.33. The largest absolute Gasteiger partial charge is 0.492 e. The Bertz CT molecular complexity index is 1200. The van der Waals surface area contributed by atoms with E-state index in [1.807, 2.05) is 61.5 Å². The lowest BCUT2D eigenvalue weighted by atomic mass is 9.95. The number of ether oxygens (including phenoxy) is 2. The molecular weight excluding hydrogens is 456 g/mol. The summed E-state index contributed by atoms with van der Waals surface area (Å²) in [7, 11) is 0. The molecule has 34 heavy (non-hydrogen) atoms. The highest BCUT2D eigenvalue weighted by molar-refractivity contribution is 7.99. The number of rotatable bonds is 9. The standard InChI is InChI=1S/C23H24N6O4S/c1-3-32-18-13-9-8-12-17(18)29-23(26-27-28-29)34-14-16-19(21(30)33-4-2)20(25-22(31)24-16)15-10-6-5-7-11-15/h5-13,20H,3-4,14H2,1-2H3,(H2,24,25,31)/t20-/m1/s1. The molecule has 0 saturated carbocycles. The number of hydrogen-bond donors (Lipinski definition) is 2. The fourth-order valence-corrected chi connectivity index (χ4v) is 4.40. The summed E-state index contributed by atoms with van der Waals surface area (Å²) in [4.78, 5) is 25.4. The molecule has 2 aromatic carbocycles. The average Bonchev–Trinajstić information content (AvgIpc) is 3.32. The van der Waals surface area contributed by atoms with Gasteiger partial charge in [0.25, 0.3) is 0 Å². The zero-order valence-electron chi connectivity index (χ0n) is 18.7. The lowest BCUT2D eigenvalue weighted by molar-refractivity contribution is -0.139. The van der Waals surface area contributed by atoms with Crippen LogP contribution in [0.25, 0.3) is 5.69 Å². The summed E-state index contributed by atoms with van der Waals surface area (Å²) in [6, 6.07) is 15.7. The Kier molecular flexibility index (Phi) is 7.43. The molecule has 10 nitrogen and oxygen atoms in total. The summed E-state index contributed by atoms with van der Waals surface area (Å²) in [6.45, 7) is 4.35. The molecule has 2 N–H and O–H groups in total. The maximum Gasteiger partial charge on any atom is 0.338 e. The van der Waals surface area contributed by atoms with E-state index in [-0.39, 0.29) is 12.4 Å². The van der Waals surface area contributed by atoms with Crippen molar-refractivity contribution in [2.24, 2.45) is 0 Å². The topological polar surface area (TPSA) is 120 Å². The molecule has 176 valence electrons. The van der Waals surface area contributed by atoms with Crippen molar-refractivity contribution in [3.05, 3.63) is 71.4 Å². The summed E-state index contributed by atoms with van der Waals surface area (Å²) in [5, 5.41) is 18.1. The first-order valence-electron chi connectivity index (χ1n) is 10.8. The predicted octanol–water partition coefficient (Wildman–Crippen LogP) is 3.02. The minimum Gasteiger partial charge on any atom is -0.492 e. The number of urea groups is 1. The van der Waals surface area contributed by atoms with Crippen molar-refractivity contribution in [1.29, 1.82) is 0 Å². The third kappa shape index (κ3) is 5.04. The molecule has 0 spiro atoms. The SMILES string of the molecule is CCOC(=O)C1=C(CSc2nnnn2-c2ccccc2OCC)NC(=O)N[C@@H]1c1ccccc1. The Morgan fingerprint density at radius 3 is 2.62 bits per heavy atom. The van der Waals surface area contributed by atoms with Gasteiger partial charge >= 0.3 is 12.0 Å². The lowest BCUT2D eigenvalue weighted by Gasteiger charge is -2.29. The molecule has 0 aliphatic carbocycles. The van der Waals surface area contributed by atoms with Crippen LogP contribution < -0.4 is 15.4 Å². The second-order valence-corrected chi connectivity index (χ2v) is 8.06. The van der Waals surface area contributed by atoms with Crippen LogP contribution in [0.5, 0.6) is 5.75 Å². The number of nitrogens with zero attached hydrogens (tertiary/aromatic N) is 4. The third-order valence-corrected chi connectivity index (χ3v) is 5.91. The number of esters is 1. The zero-order valence-corrected chi connectivity index (χ0v) is 19.5. The Hall–Kier alpha value is -3.86. The smallest absolute Gasteiger partial charge is 0.338 e. The number of thioether (sulfide) groups is 1. The highest BCUT2D eigenvalue weighted by atomic mass is 32.2. The Morgan fingerprint density at radius 1 is 1.09 bits per heavy atom. The number of amides is 2. The van der Waals surface area contributed by atoms with E-state index in [1.54, 1.807) is 11.6 Å². The van der Waals surface area contributed by atoms with Crippen molar-refractivity contribution in [1.82, 2.24) is 30.8 Å². The van der Waals surface area contributed by atoms with Gasteiger partial charge in [-0.05, 0) is 42.0 Å². The van der Waals surface area contributed by atoms with Gasteiger partial charge < -0.3 is 20.1 Å². The first kappa shape index (κ1) is 23.3. The molecule has 2 heterocycles. The summed E-state index contributed by atoms with van der Waals surface area (Å²) in [5.74, 6) is 0.382. The van der Waals surface area contributed by atoms with Gasteiger partial charge in [0.1, 0.15) is 11.4 Å². The maximum absolute atomic E-state index is 12.9. The van der Waals surface area contributed by atoms with Gasteiger partial charge in [0.15, 0.2) is 0 Å². The van der Waals surface area contributed by atoms with E-state index in [1.165, 1.54) is 11.8 Å². The molecule has 1 aliphatic heterocycles. The van der Waals surface area contributed by atoms with E-state index >= 15 is 0 Å². The highest BCUT2D eigenvalue weighted by Crippen LogP contribution is 2.31. The van der Waals surface area contributed by atoms with Crippen LogP contribution >= 0.6 is 11.8 Å². The number of carbonyl (C=O) groups excluding carboxylic acids is 2. The fourth-order valence-electron chi connectivity index (χ4n) is 3.54.